The fourth-order valence-corrected chi connectivity index (χ4v) is 8.88. The average Bonchev–Trinajstić information content (AvgIpc) is 3.75. The third-order valence-electron chi connectivity index (χ3n) is 11.5. The van der Waals surface area contributed by atoms with Gasteiger partial charge in [-0.25, -0.2) is 9.55 Å². The first kappa shape index (κ1) is 29.1. The number of furan rings is 1. The van der Waals surface area contributed by atoms with Crippen molar-refractivity contribution in [2.45, 2.75) is 72.6 Å². The smallest absolute Gasteiger partial charge is 0.299 e. The highest BCUT2D eigenvalue weighted by molar-refractivity contribution is 6.11. The first-order valence-corrected chi connectivity index (χ1v) is 18.4. The molecule has 0 amide bonds. The molecule has 0 aliphatic heterocycles. The van der Waals surface area contributed by atoms with Crippen LogP contribution in [0.2, 0.25) is 0 Å². The molecule has 0 radical (unpaired) electrons. The van der Waals surface area contributed by atoms with E-state index in [-0.39, 0.29) is 17.5 Å². The minimum absolute atomic E-state index is 0.124. The number of hydrogen-bond acceptors (Lipinski definition) is 2. The van der Waals surface area contributed by atoms with Crippen molar-refractivity contribution >= 4 is 33.1 Å². The summed E-state index contributed by atoms with van der Waals surface area (Å²) >= 11 is 0. The van der Waals surface area contributed by atoms with Gasteiger partial charge < -0.3 is 4.42 Å². The standard InChI is InChI=1S/C48H46N3O/c1-27(2)35-25-32(31-17-11-10-12-18-31)26-36(28(3)4)44(35)51-39-22-16-15-21-38(39)50(9)47(51)40-29(5)23-24-34-43-46(52-45(34)40)42-41(30(6)49-43)33-19-13-14-20-37(33)48(42,7)8/h10-28H,1-9H3/q+1/i6D3. The Morgan fingerprint density at radius 2 is 1.44 bits per heavy atom. The number of para-hydroxylation sites is 2. The average molecular weight is 684 g/mol. The summed E-state index contributed by atoms with van der Waals surface area (Å²) in [4.78, 5) is 5.02. The van der Waals surface area contributed by atoms with Gasteiger partial charge in [-0.05, 0) is 83.8 Å². The summed E-state index contributed by atoms with van der Waals surface area (Å²) in [6.45, 7) is 13.2. The molecule has 4 nitrogen and oxygen atoms in total. The first-order valence-electron chi connectivity index (χ1n) is 19.9. The molecule has 3 aromatic heterocycles. The predicted molar refractivity (Wildman–Crippen MR) is 216 cm³/mol. The Morgan fingerprint density at radius 3 is 2.15 bits per heavy atom. The van der Waals surface area contributed by atoms with Crippen molar-refractivity contribution < 1.29 is 13.1 Å². The monoisotopic (exact) mass is 683 g/mol. The lowest BCUT2D eigenvalue weighted by atomic mass is 9.82. The number of imidazole rings is 1. The SMILES string of the molecule is [2H]C([2H])([2H])c1nc2c(oc3c(-c4n(-c5c(C(C)C)cc(-c6ccccc6)cc5C(C)C)c5ccccc5[n+]4C)c(C)ccc32)c2c1-c1ccccc1C2(C)C. The second-order valence-corrected chi connectivity index (χ2v) is 15.7. The van der Waals surface area contributed by atoms with Crippen LogP contribution in [0.3, 0.4) is 0 Å². The Balaban J connectivity index is 1.43. The predicted octanol–water partition coefficient (Wildman–Crippen LogP) is 12.3. The summed E-state index contributed by atoms with van der Waals surface area (Å²) in [5.74, 6) is 1.45. The van der Waals surface area contributed by atoms with Gasteiger partial charge in [0.25, 0.3) is 5.82 Å². The normalized spacial score (nSPS) is 14.7. The topological polar surface area (TPSA) is 34.8 Å². The molecule has 0 N–H and O–H groups in total. The molecule has 0 spiro atoms. The molecule has 0 unspecified atom stereocenters. The van der Waals surface area contributed by atoms with Crippen LogP contribution in [0.15, 0.2) is 108 Å². The zero-order valence-corrected chi connectivity index (χ0v) is 31.2. The lowest BCUT2D eigenvalue weighted by molar-refractivity contribution is -0.633. The summed E-state index contributed by atoms with van der Waals surface area (Å²) < 4.78 is 38.0. The van der Waals surface area contributed by atoms with Crippen LogP contribution in [0, 0.1) is 13.8 Å². The molecule has 0 saturated heterocycles. The highest BCUT2D eigenvalue weighted by Gasteiger charge is 2.41. The van der Waals surface area contributed by atoms with Crippen LogP contribution in [0.1, 0.15) is 91.0 Å². The molecule has 258 valence electrons. The van der Waals surface area contributed by atoms with Gasteiger partial charge in [0.2, 0.25) is 0 Å². The quantitative estimate of drug-likeness (QED) is 0.169. The van der Waals surface area contributed by atoms with Crippen molar-refractivity contribution in [3.63, 3.8) is 0 Å². The van der Waals surface area contributed by atoms with Crippen molar-refractivity contribution in [1.29, 1.82) is 0 Å². The zero-order chi connectivity index (χ0) is 38.7. The van der Waals surface area contributed by atoms with Gasteiger partial charge in [-0.1, -0.05) is 114 Å². The number of benzene rings is 5. The number of rotatable bonds is 5. The van der Waals surface area contributed by atoms with Crippen molar-refractivity contribution in [2.75, 3.05) is 0 Å². The maximum atomic E-state index is 8.69. The van der Waals surface area contributed by atoms with E-state index in [0.29, 0.717) is 22.2 Å². The number of aryl methyl sites for hydroxylation is 3. The zero-order valence-electron chi connectivity index (χ0n) is 34.2. The molecule has 0 fully saturated rings. The van der Waals surface area contributed by atoms with Crippen LogP contribution in [0.5, 0.6) is 0 Å². The van der Waals surface area contributed by atoms with E-state index in [4.69, 9.17) is 13.5 Å². The highest BCUT2D eigenvalue weighted by atomic mass is 16.3. The van der Waals surface area contributed by atoms with E-state index in [2.05, 4.69) is 150 Å². The Labute approximate surface area is 310 Å². The van der Waals surface area contributed by atoms with Crippen LogP contribution in [0.4, 0.5) is 0 Å². The van der Waals surface area contributed by atoms with Gasteiger partial charge in [0.15, 0.2) is 22.2 Å². The van der Waals surface area contributed by atoms with Gasteiger partial charge in [-0.15, -0.1) is 0 Å². The second kappa shape index (κ2) is 11.5. The van der Waals surface area contributed by atoms with Crippen LogP contribution in [-0.2, 0) is 12.5 Å². The third-order valence-corrected chi connectivity index (χ3v) is 11.5. The van der Waals surface area contributed by atoms with Crippen molar-refractivity contribution in [2.24, 2.45) is 7.05 Å². The third kappa shape index (κ3) is 4.46. The van der Waals surface area contributed by atoms with E-state index in [1.165, 1.54) is 27.9 Å². The van der Waals surface area contributed by atoms with E-state index < -0.39 is 12.3 Å². The Morgan fingerprint density at radius 1 is 0.769 bits per heavy atom. The Bertz CT molecular complexity index is 2830. The number of pyridine rings is 1. The molecule has 0 saturated carbocycles. The molecular weight excluding hydrogens is 635 g/mol. The van der Waals surface area contributed by atoms with Gasteiger partial charge in [0.05, 0.1) is 7.05 Å². The number of nitrogens with zero attached hydrogens (tertiary/aromatic N) is 3. The van der Waals surface area contributed by atoms with E-state index in [0.717, 1.165) is 50.1 Å². The van der Waals surface area contributed by atoms with Gasteiger partial charge in [-0.2, -0.15) is 4.57 Å². The van der Waals surface area contributed by atoms with Gasteiger partial charge in [-0.3, -0.25) is 0 Å². The van der Waals surface area contributed by atoms with Crippen LogP contribution < -0.4 is 4.57 Å². The van der Waals surface area contributed by atoms with E-state index >= 15 is 0 Å². The number of aromatic nitrogens is 3. The Hall–Kier alpha value is -5.48. The van der Waals surface area contributed by atoms with Crippen molar-refractivity contribution in [1.82, 2.24) is 9.55 Å². The van der Waals surface area contributed by atoms with E-state index in [1.807, 2.05) is 18.2 Å². The molecule has 5 aromatic carbocycles. The summed E-state index contributed by atoms with van der Waals surface area (Å²) in [5, 5.41) is 0.806. The van der Waals surface area contributed by atoms with Crippen molar-refractivity contribution in [3.8, 4) is 39.3 Å². The fraction of sp³-hybridized carbons (Fsp3) is 0.250. The maximum Gasteiger partial charge on any atom is 0.299 e. The summed E-state index contributed by atoms with van der Waals surface area (Å²) in [5.41, 5.74) is 15.5. The van der Waals surface area contributed by atoms with Gasteiger partial charge in [0.1, 0.15) is 16.8 Å². The molecule has 52 heavy (non-hydrogen) atoms. The van der Waals surface area contributed by atoms with E-state index in [9.17, 15) is 0 Å². The summed E-state index contributed by atoms with van der Waals surface area (Å²) in [6, 6.07) is 36.3. The minimum atomic E-state index is -2.42. The van der Waals surface area contributed by atoms with Crippen LogP contribution in [-0.4, -0.2) is 9.55 Å². The Kier molecular flexibility index (Phi) is 6.45. The second-order valence-electron chi connectivity index (χ2n) is 15.7. The molecule has 9 rings (SSSR count). The summed E-state index contributed by atoms with van der Waals surface area (Å²) in [7, 11) is 2.14. The molecule has 1 aliphatic carbocycles. The molecule has 1 aliphatic rings. The van der Waals surface area contributed by atoms with Crippen molar-refractivity contribution in [3.05, 3.63) is 137 Å². The van der Waals surface area contributed by atoms with Crippen LogP contribution >= 0.6 is 0 Å². The first-order chi connectivity index (χ1) is 26.2. The molecular formula is C48H46N3O+. The molecule has 4 heteroatoms. The number of hydrogen-bond donors (Lipinski definition) is 0. The fourth-order valence-electron chi connectivity index (χ4n) is 8.88. The van der Waals surface area contributed by atoms with Crippen LogP contribution in [0.25, 0.3) is 72.4 Å². The lowest BCUT2D eigenvalue weighted by Crippen LogP contribution is -2.30. The number of fused-ring (bicyclic) bond motifs is 8. The largest absolute Gasteiger partial charge is 0.453 e. The van der Waals surface area contributed by atoms with Gasteiger partial charge in [0, 0.05) is 42.9 Å². The molecule has 0 bridgehead atoms. The summed E-state index contributed by atoms with van der Waals surface area (Å²) in [6.07, 6.45) is 0. The molecule has 8 aromatic rings. The van der Waals surface area contributed by atoms with Gasteiger partial charge >= 0.3 is 0 Å². The molecule has 3 heterocycles. The highest BCUT2D eigenvalue weighted by Crippen LogP contribution is 2.54. The maximum absolute atomic E-state index is 8.69. The lowest BCUT2D eigenvalue weighted by Gasteiger charge is -2.21. The molecule has 0 atom stereocenters. The van der Waals surface area contributed by atoms with E-state index in [1.54, 1.807) is 0 Å². The minimum Gasteiger partial charge on any atom is -0.453 e.